The van der Waals surface area contributed by atoms with Gasteiger partial charge in [0.15, 0.2) is 10.3 Å². The summed E-state index contributed by atoms with van der Waals surface area (Å²) < 4.78 is 29.7. The second kappa shape index (κ2) is 17.3. The summed E-state index contributed by atoms with van der Waals surface area (Å²) in [6, 6.07) is 23.6. The minimum atomic E-state index is -4.58. The van der Waals surface area contributed by atoms with Gasteiger partial charge in [-0.05, 0) is 74.9 Å². The molecule has 0 fully saturated rings. The van der Waals surface area contributed by atoms with Crippen LogP contribution in [0.1, 0.15) is 38.4 Å². The summed E-state index contributed by atoms with van der Waals surface area (Å²) in [5.41, 5.74) is 2.44. The van der Waals surface area contributed by atoms with Crippen LogP contribution in [0.15, 0.2) is 100 Å². The van der Waals surface area contributed by atoms with Gasteiger partial charge in [0.2, 0.25) is 5.82 Å². The molecule has 15 nitrogen and oxygen atoms in total. The van der Waals surface area contributed by atoms with E-state index in [1.807, 2.05) is 95.3 Å². The molecule has 3 N–H and O–H groups in total. The first-order chi connectivity index (χ1) is 27.4. The number of anilines is 3. The van der Waals surface area contributed by atoms with E-state index in [0.717, 1.165) is 49.8 Å². The van der Waals surface area contributed by atoms with Crippen molar-refractivity contribution >= 4 is 88.3 Å². The highest BCUT2D eigenvalue weighted by atomic mass is 32.2. The second-order valence-corrected chi connectivity index (χ2v) is 18.0. The molecule has 2 amide bonds. The molecule has 19 heteroatoms. The van der Waals surface area contributed by atoms with Crippen molar-refractivity contribution in [3.63, 3.8) is 0 Å². The minimum absolute atomic E-state index is 0.0765. The largest absolute Gasteiger partial charge is 0.361 e. The summed E-state index contributed by atoms with van der Waals surface area (Å²) >= 11 is 4.14. The molecule has 0 aliphatic carbocycles. The van der Waals surface area contributed by atoms with Crippen LogP contribution in [0.25, 0.3) is 10.2 Å². The van der Waals surface area contributed by atoms with Crippen molar-refractivity contribution in [2.45, 2.75) is 35.2 Å². The number of thiazole rings is 2. The van der Waals surface area contributed by atoms with Gasteiger partial charge in [0.05, 0.1) is 21.3 Å². The van der Waals surface area contributed by atoms with Crippen molar-refractivity contribution in [1.29, 1.82) is 0 Å². The van der Waals surface area contributed by atoms with Crippen LogP contribution in [-0.2, 0) is 23.0 Å². The molecule has 1 aliphatic heterocycles. The number of nitrogens with one attached hydrogen (secondary N) is 3. The first-order valence-corrected chi connectivity index (χ1v) is 21.9. The maximum atomic E-state index is 13.5. The smallest absolute Gasteiger partial charge is 0.312 e. The van der Waals surface area contributed by atoms with Gasteiger partial charge in [0.1, 0.15) is 10.6 Å². The van der Waals surface area contributed by atoms with E-state index in [0.29, 0.717) is 54.1 Å². The Morgan fingerprint density at radius 3 is 2.60 bits per heavy atom. The second-order valence-electron chi connectivity index (χ2n) is 13.4. The van der Waals surface area contributed by atoms with Gasteiger partial charge in [-0.15, -0.1) is 23.1 Å². The topological polar surface area (TPSA) is 193 Å². The lowest BCUT2D eigenvalue weighted by Crippen LogP contribution is -2.33. The van der Waals surface area contributed by atoms with Crippen LogP contribution in [0.4, 0.5) is 21.8 Å². The van der Waals surface area contributed by atoms with Gasteiger partial charge in [0.25, 0.3) is 21.8 Å². The predicted molar refractivity (Wildman–Crippen MR) is 224 cm³/mol. The summed E-state index contributed by atoms with van der Waals surface area (Å²) in [5, 5.41) is 20.6. The highest BCUT2D eigenvalue weighted by molar-refractivity contribution is 7.99. The summed E-state index contributed by atoms with van der Waals surface area (Å²) in [6.45, 7) is 1.59. The van der Waals surface area contributed by atoms with Gasteiger partial charge in [-0.1, -0.05) is 53.8 Å². The maximum absolute atomic E-state index is 13.5. The Morgan fingerprint density at radius 2 is 1.82 bits per heavy atom. The molecule has 0 spiro atoms. The fourth-order valence-electron chi connectivity index (χ4n) is 6.14. The molecule has 1 aliphatic rings. The van der Waals surface area contributed by atoms with Gasteiger partial charge >= 0.3 is 5.69 Å². The number of hydrogen-bond acceptors (Lipinski definition) is 15. The Balaban J connectivity index is 1.02. The van der Waals surface area contributed by atoms with Crippen molar-refractivity contribution in [1.82, 2.24) is 24.6 Å². The molecule has 6 aromatic rings. The Hall–Kier alpha value is -5.47. The van der Waals surface area contributed by atoms with Gasteiger partial charge in [0, 0.05) is 46.8 Å². The molecule has 4 heterocycles. The number of nitrogens with zero attached hydrogens (tertiary/aromatic N) is 6. The molecular formula is C38H37N9O6S4. The number of pyridine rings is 1. The summed E-state index contributed by atoms with van der Waals surface area (Å²) in [6.07, 6.45) is 2.25. The summed E-state index contributed by atoms with van der Waals surface area (Å²) in [5.74, 6) is -0.792. The molecule has 1 atom stereocenters. The molecular weight excluding hydrogens is 807 g/mol. The lowest BCUT2D eigenvalue weighted by atomic mass is 9.94. The third kappa shape index (κ3) is 9.57. The van der Waals surface area contributed by atoms with Crippen molar-refractivity contribution < 1.29 is 22.9 Å². The van der Waals surface area contributed by atoms with Crippen molar-refractivity contribution in [3.05, 3.63) is 123 Å². The quantitative estimate of drug-likeness (QED) is 0.0576. The summed E-state index contributed by atoms with van der Waals surface area (Å²) in [7, 11) is -0.724. The highest BCUT2D eigenvalue weighted by Gasteiger charge is 2.29. The number of amides is 2. The van der Waals surface area contributed by atoms with E-state index in [1.165, 1.54) is 16.7 Å². The third-order valence-electron chi connectivity index (χ3n) is 9.06. The summed E-state index contributed by atoms with van der Waals surface area (Å²) in [4.78, 5) is 55.7. The Bertz CT molecular complexity index is 2510. The monoisotopic (exact) mass is 843 g/mol. The van der Waals surface area contributed by atoms with Crippen LogP contribution in [0, 0.1) is 10.1 Å². The molecule has 3 aromatic heterocycles. The number of fused-ring (bicyclic) bond motifs is 2. The van der Waals surface area contributed by atoms with E-state index in [9.17, 15) is 28.1 Å². The normalized spacial score (nSPS) is 13.3. The average molecular weight is 844 g/mol. The zero-order valence-corrected chi connectivity index (χ0v) is 34.0. The van der Waals surface area contributed by atoms with Gasteiger partial charge in [-0.2, -0.15) is 0 Å². The van der Waals surface area contributed by atoms with E-state index in [-0.39, 0.29) is 23.5 Å². The number of benzene rings is 3. The number of carbonyl (C=O) groups excluding carboxylic acids is 2. The van der Waals surface area contributed by atoms with Crippen LogP contribution in [0.2, 0.25) is 0 Å². The van der Waals surface area contributed by atoms with Crippen LogP contribution >= 0.6 is 34.4 Å². The first-order valence-electron chi connectivity index (χ1n) is 17.7. The number of para-hydroxylation sites is 1. The van der Waals surface area contributed by atoms with Crippen LogP contribution < -0.4 is 20.3 Å². The Labute approximate surface area is 340 Å². The minimum Gasteiger partial charge on any atom is -0.361 e. The molecule has 57 heavy (non-hydrogen) atoms. The van der Waals surface area contributed by atoms with E-state index >= 15 is 0 Å². The van der Waals surface area contributed by atoms with Gasteiger partial charge < -0.3 is 15.1 Å². The van der Waals surface area contributed by atoms with E-state index in [1.54, 1.807) is 17.8 Å². The average Bonchev–Trinajstić information content (AvgIpc) is 3.86. The fourth-order valence-corrected chi connectivity index (χ4v) is 9.76. The van der Waals surface area contributed by atoms with E-state index in [4.69, 9.17) is 0 Å². The first kappa shape index (κ1) is 39.8. The highest BCUT2D eigenvalue weighted by Crippen LogP contribution is 2.32. The maximum Gasteiger partial charge on any atom is 0.312 e. The number of sulfonamides is 1. The van der Waals surface area contributed by atoms with Crippen molar-refractivity contribution in [2.75, 3.05) is 48.5 Å². The van der Waals surface area contributed by atoms with Gasteiger partial charge in [-0.3, -0.25) is 25.0 Å². The number of nitro groups is 1. The van der Waals surface area contributed by atoms with Crippen molar-refractivity contribution in [2.24, 2.45) is 0 Å². The third-order valence-corrected chi connectivity index (χ3v) is 13.4. The Kier molecular flexibility index (Phi) is 12.1. The van der Waals surface area contributed by atoms with Crippen LogP contribution in [-0.4, -0.2) is 84.0 Å². The molecule has 0 saturated carbocycles. The van der Waals surface area contributed by atoms with Crippen molar-refractivity contribution in [3.8, 4) is 0 Å². The zero-order valence-electron chi connectivity index (χ0n) is 30.7. The predicted octanol–water partition coefficient (Wildman–Crippen LogP) is 6.51. The number of aromatic nitrogens is 3. The molecule has 3 aromatic carbocycles. The van der Waals surface area contributed by atoms with Crippen LogP contribution in [0.3, 0.4) is 0 Å². The molecule has 0 saturated heterocycles. The molecule has 0 radical (unpaired) electrons. The SMILES string of the molecule is CN(C)CC[C@H](CSc1ccccc1)Nc1ncc(S(=O)(=O)NC(=O)c2csc(N3CCc4cccc(C(=O)Nc5nc6ccccc6s5)c4C3)n2)cc1[N+](=O)[O-]. The van der Waals surface area contributed by atoms with E-state index in [2.05, 4.69) is 25.6 Å². The molecule has 0 bridgehead atoms. The molecule has 294 valence electrons. The van der Waals surface area contributed by atoms with E-state index < -0.39 is 31.4 Å². The zero-order chi connectivity index (χ0) is 40.1. The Morgan fingerprint density at radius 1 is 1.04 bits per heavy atom. The molecule has 0 unspecified atom stereocenters. The van der Waals surface area contributed by atoms with Gasteiger partial charge in [-0.25, -0.2) is 28.1 Å². The fraction of sp³-hybridized carbons (Fsp3) is 0.237. The number of carbonyl (C=O) groups is 2. The number of thioether (sulfide) groups is 1. The standard InChI is InChI=1S/C38H37N9O6S4/c1-45(2)17-16-25(22-54-26-10-4-3-5-11-26)40-34-32(47(50)51)19-27(20-39-34)57(52,53)44-36(49)31-23-55-38(42-31)46-18-15-24-9-8-12-28(29(24)21-46)35(48)43-37-41-30-13-6-7-14-33(30)56-37/h3-14,19-20,23,25H,15-18,21-22H2,1-2H3,(H,39,40)(H,44,49)(H,41,43,48)/t25-/m1/s1. The lowest BCUT2D eigenvalue weighted by molar-refractivity contribution is -0.384. The molecule has 7 rings (SSSR count). The lowest BCUT2D eigenvalue weighted by Gasteiger charge is -2.29. The number of rotatable bonds is 15. The van der Waals surface area contributed by atoms with Crippen LogP contribution in [0.5, 0.6) is 0 Å². The number of hydrogen-bond donors (Lipinski definition) is 3.